The Hall–Kier alpha value is -2.72. The Bertz CT molecular complexity index is 1180. The van der Waals surface area contributed by atoms with Crippen molar-refractivity contribution in [3.05, 3.63) is 33.9 Å². The number of alkyl halides is 1. The van der Waals surface area contributed by atoms with E-state index >= 15 is 4.39 Å². The lowest BCUT2D eigenvalue weighted by Crippen LogP contribution is -2.41. The Morgan fingerprint density at radius 2 is 2.12 bits per heavy atom. The first-order chi connectivity index (χ1) is 15.8. The number of nitrogens with zero attached hydrogens (tertiary/aromatic N) is 2. The van der Waals surface area contributed by atoms with E-state index in [0.29, 0.717) is 19.6 Å². The molecule has 1 aliphatic heterocycles. The van der Waals surface area contributed by atoms with E-state index in [9.17, 15) is 24.2 Å². The molecule has 2 heterocycles. The number of aliphatic hydroxyl groups is 1. The third kappa shape index (κ3) is 3.56. The Morgan fingerprint density at radius 1 is 1.39 bits per heavy atom. The summed E-state index contributed by atoms with van der Waals surface area (Å²) < 4.78 is 36.5. The van der Waals surface area contributed by atoms with Crippen LogP contribution in [0, 0.1) is 11.7 Å². The molecule has 8 nitrogen and oxygen atoms in total. The molecule has 3 aliphatic rings. The highest BCUT2D eigenvalue weighted by Gasteiger charge is 2.51. The molecule has 33 heavy (non-hydrogen) atoms. The van der Waals surface area contributed by atoms with Gasteiger partial charge in [-0.1, -0.05) is 0 Å². The summed E-state index contributed by atoms with van der Waals surface area (Å²) in [5, 5.41) is 21.9. The van der Waals surface area contributed by atoms with E-state index < -0.39 is 35.0 Å². The second-order valence-electron chi connectivity index (χ2n) is 9.28. The number of halogens is 2. The predicted molar refractivity (Wildman–Crippen MR) is 118 cm³/mol. The number of nitrogens with one attached hydrogen (secondary N) is 1. The molecule has 0 spiro atoms. The fourth-order valence-electron chi connectivity index (χ4n) is 5.37. The van der Waals surface area contributed by atoms with Crippen LogP contribution in [0.1, 0.15) is 42.1 Å². The number of hydrogen-bond acceptors (Lipinski definition) is 6. The number of carboxylic acid groups (broad SMARTS) is 1. The molecule has 0 bridgehead atoms. The molecule has 1 saturated heterocycles. The average Bonchev–Trinajstić information content (AvgIpc) is 3.68. The van der Waals surface area contributed by atoms with Crippen LogP contribution >= 0.6 is 0 Å². The SMILES string of the molecule is COc1c(N2CC[C@@H](C3(NCCO)CC3)C2)c(F)cc2c(=O)c(C(=O)O)cn([C@@H]3C[C@@H]3F)c12. The van der Waals surface area contributed by atoms with Gasteiger partial charge in [0, 0.05) is 37.8 Å². The second-order valence-corrected chi connectivity index (χ2v) is 9.28. The lowest BCUT2D eigenvalue weighted by atomic mass is 9.96. The highest BCUT2D eigenvalue weighted by molar-refractivity contribution is 5.97. The van der Waals surface area contributed by atoms with Crippen molar-refractivity contribution in [3.8, 4) is 5.75 Å². The molecule has 3 atom stereocenters. The number of aliphatic hydroxyl groups excluding tert-OH is 1. The monoisotopic (exact) mass is 463 g/mol. The lowest BCUT2D eigenvalue weighted by Gasteiger charge is -2.27. The Morgan fingerprint density at radius 3 is 2.70 bits per heavy atom. The molecule has 0 unspecified atom stereocenters. The molecule has 1 aromatic carbocycles. The zero-order chi connectivity index (χ0) is 23.5. The van der Waals surface area contributed by atoms with Crippen LogP contribution < -0.4 is 20.4 Å². The van der Waals surface area contributed by atoms with Crippen molar-refractivity contribution in [2.24, 2.45) is 5.92 Å². The van der Waals surface area contributed by atoms with Gasteiger partial charge in [0.05, 0.1) is 30.7 Å². The minimum absolute atomic E-state index is 0.0496. The number of pyridine rings is 1. The van der Waals surface area contributed by atoms with Crippen molar-refractivity contribution < 1.29 is 28.5 Å². The molecule has 3 N–H and O–H groups in total. The van der Waals surface area contributed by atoms with Crippen molar-refractivity contribution in [1.29, 1.82) is 0 Å². The first-order valence-corrected chi connectivity index (χ1v) is 11.2. The van der Waals surface area contributed by atoms with E-state index in [-0.39, 0.29) is 46.8 Å². The van der Waals surface area contributed by atoms with Gasteiger partial charge >= 0.3 is 5.97 Å². The molecule has 5 rings (SSSR count). The summed E-state index contributed by atoms with van der Waals surface area (Å²) in [6, 6.07) is 0.431. The Kier molecular flexibility index (Phi) is 5.32. The largest absolute Gasteiger partial charge is 0.492 e. The molecule has 1 aromatic heterocycles. The van der Waals surface area contributed by atoms with Crippen LogP contribution in [0.15, 0.2) is 17.1 Å². The normalized spacial score (nSPS) is 25.5. The topological polar surface area (TPSA) is 104 Å². The van der Waals surface area contributed by atoms with Crippen LogP contribution in [0.4, 0.5) is 14.5 Å². The summed E-state index contributed by atoms with van der Waals surface area (Å²) in [4.78, 5) is 26.3. The van der Waals surface area contributed by atoms with Crippen LogP contribution in [0.2, 0.25) is 0 Å². The highest BCUT2D eigenvalue weighted by atomic mass is 19.1. The number of ether oxygens (including phenoxy) is 1. The van der Waals surface area contributed by atoms with E-state index in [1.54, 1.807) is 0 Å². The molecule has 10 heteroatoms. The lowest BCUT2D eigenvalue weighted by molar-refractivity contribution is 0.0694. The minimum Gasteiger partial charge on any atom is -0.492 e. The summed E-state index contributed by atoms with van der Waals surface area (Å²) in [7, 11) is 1.37. The molecular weight excluding hydrogens is 436 g/mol. The number of carbonyl (C=O) groups is 1. The van der Waals surface area contributed by atoms with Gasteiger partial charge in [0.2, 0.25) is 5.43 Å². The number of methoxy groups -OCH3 is 1. The van der Waals surface area contributed by atoms with E-state index in [2.05, 4.69) is 5.32 Å². The van der Waals surface area contributed by atoms with Gasteiger partial charge in [0.25, 0.3) is 0 Å². The van der Waals surface area contributed by atoms with E-state index in [0.717, 1.165) is 31.5 Å². The number of β-amino-alcohol motifs (C(OH)–C–C–N with tert-alkyl or cyclic N) is 1. The van der Waals surface area contributed by atoms with Crippen LogP contribution in [0.3, 0.4) is 0 Å². The third-order valence-electron chi connectivity index (χ3n) is 7.33. The van der Waals surface area contributed by atoms with Crippen molar-refractivity contribution >= 4 is 22.6 Å². The van der Waals surface area contributed by atoms with Crippen LogP contribution in [0.5, 0.6) is 5.75 Å². The molecule has 2 aliphatic carbocycles. The van der Waals surface area contributed by atoms with Crippen molar-refractivity contribution in [1.82, 2.24) is 9.88 Å². The van der Waals surface area contributed by atoms with Gasteiger partial charge in [0.1, 0.15) is 17.4 Å². The summed E-state index contributed by atoms with van der Waals surface area (Å²) in [6.07, 6.45) is 3.00. The molecule has 2 aromatic rings. The van der Waals surface area contributed by atoms with Gasteiger partial charge in [-0.3, -0.25) is 4.79 Å². The highest BCUT2D eigenvalue weighted by Crippen LogP contribution is 2.49. The first-order valence-electron chi connectivity index (χ1n) is 11.2. The van der Waals surface area contributed by atoms with Gasteiger partial charge in [-0.25, -0.2) is 13.6 Å². The summed E-state index contributed by atoms with van der Waals surface area (Å²) in [5.41, 5.74) is -0.970. The zero-order valence-electron chi connectivity index (χ0n) is 18.3. The Balaban J connectivity index is 1.61. The molecule has 2 saturated carbocycles. The maximum absolute atomic E-state index is 15.5. The zero-order valence-corrected chi connectivity index (χ0v) is 18.3. The molecule has 0 radical (unpaired) electrons. The minimum atomic E-state index is -1.44. The molecule has 0 amide bonds. The standard InChI is InChI=1S/C23H27F2N3O5/c1-33-21-18-13(20(30)14(22(31)32)11-28(18)17-9-15(17)24)8-16(25)19(21)27-6-2-12(10-27)23(3-4-23)26-5-7-29/h8,11-12,15,17,26,29H,2-7,9-10H2,1H3,(H,31,32)/t12-,15+,17-/m1/s1. The number of aromatic nitrogens is 1. The fraction of sp³-hybridized carbons (Fsp3) is 0.565. The quantitative estimate of drug-likeness (QED) is 0.551. The summed E-state index contributed by atoms with van der Waals surface area (Å²) in [5.74, 6) is -1.74. The van der Waals surface area contributed by atoms with Gasteiger partial charge in [-0.15, -0.1) is 0 Å². The number of rotatable bonds is 8. The van der Waals surface area contributed by atoms with Crippen molar-refractivity contribution in [2.45, 2.75) is 43.4 Å². The number of benzene rings is 1. The van der Waals surface area contributed by atoms with Gasteiger partial charge < -0.3 is 29.7 Å². The van der Waals surface area contributed by atoms with E-state index in [4.69, 9.17) is 4.74 Å². The number of anilines is 1. The smallest absolute Gasteiger partial charge is 0.341 e. The average molecular weight is 463 g/mol. The second kappa shape index (κ2) is 7.95. The summed E-state index contributed by atoms with van der Waals surface area (Å²) >= 11 is 0. The van der Waals surface area contributed by atoms with Crippen LogP contribution in [-0.4, -0.2) is 65.8 Å². The van der Waals surface area contributed by atoms with Gasteiger partial charge in [-0.05, 0) is 31.2 Å². The number of fused-ring (bicyclic) bond motifs is 1. The first kappa shape index (κ1) is 22.1. The third-order valence-corrected chi connectivity index (χ3v) is 7.33. The molecule has 178 valence electrons. The van der Waals surface area contributed by atoms with E-state index in [1.807, 2.05) is 4.90 Å². The van der Waals surface area contributed by atoms with Crippen LogP contribution in [0.25, 0.3) is 10.9 Å². The molecular formula is C23H27F2N3O5. The van der Waals surface area contributed by atoms with E-state index in [1.165, 1.54) is 11.7 Å². The van der Waals surface area contributed by atoms with Gasteiger partial charge in [-0.2, -0.15) is 0 Å². The Labute approximate surface area is 188 Å². The maximum Gasteiger partial charge on any atom is 0.341 e. The predicted octanol–water partition coefficient (Wildman–Crippen LogP) is 2.07. The van der Waals surface area contributed by atoms with Gasteiger partial charge in [0.15, 0.2) is 11.6 Å². The number of carboxylic acids is 1. The maximum atomic E-state index is 15.5. The summed E-state index contributed by atoms with van der Waals surface area (Å²) in [6.45, 7) is 1.72. The number of hydrogen-bond donors (Lipinski definition) is 3. The fourth-order valence-corrected chi connectivity index (χ4v) is 5.37. The number of aromatic carboxylic acids is 1. The van der Waals surface area contributed by atoms with Crippen LogP contribution in [-0.2, 0) is 0 Å². The molecule has 3 fully saturated rings. The van der Waals surface area contributed by atoms with Crippen molar-refractivity contribution in [2.75, 3.05) is 38.3 Å². The van der Waals surface area contributed by atoms with Crippen molar-refractivity contribution in [3.63, 3.8) is 0 Å².